The number of carbonyl (C=O) groups excluding carboxylic acids is 2. The van der Waals surface area contributed by atoms with Crippen LogP contribution >= 0.6 is 0 Å². The lowest BCUT2D eigenvalue weighted by Crippen LogP contribution is -3.00. The normalized spacial score (nSPS) is 27.2. The van der Waals surface area contributed by atoms with Gasteiger partial charge >= 0.3 is 11.9 Å². The maximum absolute atomic E-state index is 13.0. The zero-order chi connectivity index (χ0) is 23.0. The van der Waals surface area contributed by atoms with Crippen LogP contribution in [0.15, 0.2) is 30.3 Å². The highest BCUT2D eigenvalue weighted by atomic mass is 79.9. The number of likely N-dealkylation sites (tertiary alicyclic amines) is 1. The molecule has 0 spiro atoms. The molecule has 1 heterocycles. The van der Waals surface area contributed by atoms with E-state index in [4.69, 9.17) is 9.47 Å². The van der Waals surface area contributed by atoms with Gasteiger partial charge in [0.25, 0.3) is 0 Å². The number of aliphatic hydroxyl groups is 1. The Balaban J connectivity index is 0.00000385. The van der Waals surface area contributed by atoms with E-state index in [0.29, 0.717) is 23.4 Å². The largest absolute Gasteiger partial charge is 1.00 e. The minimum Gasteiger partial charge on any atom is -1.00 e. The van der Waals surface area contributed by atoms with Gasteiger partial charge < -0.3 is 36.0 Å². The summed E-state index contributed by atoms with van der Waals surface area (Å²) >= 11 is 0. The van der Waals surface area contributed by atoms with Crippen LogP contribution in [-0.4, -0.2) is 61.0 Å². The fraction of sp³-hybridized carbons (Fsp3) is 0.692. The third-order valence-corrected chi connectivity index (χ3v) is 7.62. The number of likely N-dealkylation sites (N-methyl/N-ethyl adjacent to an activating group) is 1. The Morgan fingerprint density at radius 1 is 1.06 bits per heavy atom. The van der Waals surface area contributed by atoms with Gasteiger partial charge in [0, 0.05) is 17.9 Å². The van der Waals surface area contributed by atoms with Crippen LogP contribution < -0.4 is 17.0 Å². The zero-order valence-corrected chi connectivity index (χ0v) is 21.7. The van der Waals surface area contributed by atoms with Gasteiger partial charge in [-0.25, -0.2) is 9.59 Å². The fourth-order valence-corrected chi connectivity index (χ4v) is 6.26. The van der Waals surface area contributed by atoms with Crippen LogP contribution in [0, 0.1) is 5.92 Å². The van der Waals surface area contributed by atoms with Crippen LogP contribution in [0.4, 0.5) is 0 Å². The Kier molecular flexibility index (Phi) is 10.8. The topological polar surface area (TPSA) is 72.8 Å². The average molecular weight is 527 g/mol. The van der Waals surface area contributed by atoms with Gasteiger partial charge in [-0.05, 0) is 19.3 Å². The van der Waals surface area contributed by atoms with Crippen LogP contribution in [0.25, 0.3) is 0 Å². The Morgan fingerprint density at radius 3 is 2.39 bits per heavy atom. The van der Waals surface area contributed by atoms with E-state index in [1.807, 2.05) is 18.2 Å². The smallest absolute Gasteiger partial charge is 0.361 e. The molecule has 1 saturated carbocycles. The number of hydrogen-bond donors (Lipinski definition) is 1. The molecule has 1 aliphatic carbocycles. The molecule has 0 radical (unpaired) electrons. The Labute approximate surface area is 209 Å². The third-order valence-electron chi connectivity index (χ3n) is 7.62. The summed E-state index contributed by atoms with van der Waals surface area (Å²) in [6.45, 7) is 2.97. The molecule has 1 aromatic carbocycles. The minimum absolute atomic E-state index is 0. The predicted molar refractivity (Wildman–Crippen MR) is 123 cm³/mol. The Bertz CT molecular complexity index is 754. The molecule has 186 valence electrons. The number of rotatable bonds is 11. The summed E-state index contributed by atoms with van der Waals surface area (Å²) in [5.74, 6) is -0.483. The average Bonchev–Trinajstić information content (AvgIpc) is 3.41. The first-order valence-electron chi connectivity index (χ1n) is 12.3. The molecule has 7 heteroatoms. The summed E-state index contributed by atoms with van der Waals surface area (Å²) in [6.07, 6.45) is 8.93. The minimum atomic E-state index is -0.629. The number of halogens is 1. The van der Waals surface area contributed by atoms with Gasteiger partial charge in [-0.3, -0.25) is 0 Å². The SMILES string of the molecule is CCCCCCOC(=O)C[N+]1(C)CCC(OC(=O)CO)C1(c1ccccc1)C1CCCC1.[Br-]. The molecule has 33 heavy (non-hydrogen) atoms. The number of aliphatic hydroxyl groups excluding tert-OH is 1. The lowest BCUT2D eigenvalue weighted by Gasteiger charge is -2.51. The van der Waals surface area contributed by atoms with Crippen molar-refractivity contribution in [2.75, 3.05) is 33.4 Å². The van der Waals surface area contributed by atoms with Gasteiger partial charge in [-0.1, -0.05) is 69.4 Å². The second-order valence-corrected chi connectivity index (χ2v) is 9.66. The third kappa shape index (κ3) is 5.98. The lowest BCUT2D eigenvalue weighted by atomic mass is 9.72. The van der Waals surface area contributed by atoms with Gasteiger partial charge in [0.1, 0.15) is 6.61 Å². The van der Waals surface area contributed by atoms with E-state index in [9.17, 15) is 14.7 Å². The number of esters is 2. The highest BCUT2D eigenvalue weighted by molar-refractivity contribution is 5.71. The first-order valence-corrected chi connectivity index (χ1v) is 12.3. The second-order valence-electron chi connectivity index (χ2n) is 9.66. The summed E-state index contributed by atoms with van der Waals surface area (Å²) in [4.78, 5) is 25.2. The molecule has 1 aromatic rings. The summed E-state index contributed by atoms with van der Waals surface area (Å²) in [7, 11) is 2.12. The first kappa shape index (κ1) is 27.8. The summed E-state index contributed by atoms with van der Waals surface area (Å²) in [6, 6.07) is 10.2. The highest BCUT2D eigenvalue weighted by Gasteiger charge is 2.66. The molecular weight excluding hydrogens is 486 g/mol. The van der Waals surface area contributed by atoms with Crippen molar-refractivity contribution in [1.29, 1.82) is 0 Å². The van der Waals surface area contributed by atoms with Crippen LogP contribution in [-0.2, 0) is 24.6 Å². The predicted octanol–water partition coefficient (Wildman–Crippen LogP) is 0.954. The number of benzene rings is 1. The molecule has 2 aliphatic rings. The Morgan fingerprint density at radius 2 is 1.76 bits per heavy atom. The van der Waals surface area contributed by atoms with Crippen LogP contribution in [0.5, 0.6) is 0 Å². The molecule has 1 N–H and O–H groups in total. The van der Waals surface area contributed by atoms with Gasteiger partial charge in [0.2, 0.25) is 0 Å². The van der Waals surface area contributed by atoms with E-state index in [1.54, 1.807) is 0 Å². The molecule has 2 fully saturated rings. The number of hydrogen-bond acceptors (Lipinski definition) is 5. The van der Waals surface area contributed by atoms with Crippen molar-refractivity contribution < 1.29 is 45.6 Å². The molecule has 3 atom stereocenters. The molecule has 0 amide bonds. The van der Waals surface area contributed by atoms with Crippen molar-refractivity contribution >= 4 is 11.9 Å². The van der Waals surface area contributed by atoms with Gasteiger partial charge in [0.05, 0.1) is 20.2 Å². The van der Waals surface area contributed by atoms with E-state index >= 15 is 0 Å². The quantitative estimate of drug-likeness (QED) is 0.264. The molecule has 3 rings (SSSR count). The molecule has 0 aromatic heterocycles. The summed E-state index contributed by atoms with van der Waals surface area (Å²) in [5, 5.41) is 9.38. The number of unbranched alkanes of at least 4 members (excludes halogenated alkanes) is 3. The monoisotopic (exact) mass is 525 g/mol. The second kappa shape index (κ2) is 12.9. The van der Waals surface area contributed by atoms with Crippen LogP contribution in [0.3, 0.4) is 0 Å². The van der Waals surface area contributed by atoms with Crippen molar-refractivity contribution in [2.45, 2.75) is 76.4 Å². The highest BCUT2D eigenvalue weighted by Crippen LogP contribution is 2.55. The van der Waals surface area contributed by atoms with Crippen molar-refractivity contribution in [3.8, 4) is 0 Å². The lowest BCUT2D eigenvalue weighted by molar-refractivity contribution is -0.954. The maximum atomic E-state index is 13.0. The van der Waals surface area contributed by atoms with Gasteiger partial charge in [-0.2, -0.15) is 0 Å². The van der Waals surface area contributed by atoms with Gasteiger partial charge in [-0.15, -0.1) is 0 Å². The summed E-state index contributed by atoms with van der Waals surface area (Å²) < 4.78 is 12.0. The van der Waals surface area contributed by atoms with Gasteiger partial charge in [0.15, 0.2) is 18.2 Å². The molecule has 6 nitrogen and oxygen atoms in total. The standard InChI is InChI=1S/C26H40NO5.BrH/c1-3-4-5-11-18-31-24(29)19-27(2)17-16-23(32-25(30)20-28)26(27,22-14-9-10-15-22)21-12-7-6-8-13-21;/h6-8,12-13,22-23,28H,3-5,9-11,14-20H2,1-2H3;1H/q+1;/p-1. The molecule has 3 unspecified atom stereocenters. The maximum Gasteiger partial charge on any atom is 0.361 e. The van der Waals surface area contributed by atoms with Crippen LogP contribution in [0.1, 0.15) is 70.3 Å². The molecule has 1 saturated heterocycles. The van der Waals surface area contributed by atoms with E-state index in [0.717, 1.165) is 63.5 Å². The zero-order valence-electron chi connectivity index (χ0n) is 20.1. The Hall–Kier alpha value is -1.44. The molecule has 0 bridgehead atoms. The van der Waals surface area contributed by atoms with Crippen molar-refractivity contribution in [1.82, 2.24) is 0 Å². The van der Waals surface area contributed by atoms with Crippen molar-refractivity contribution in [2.24, 2.45) is 5.92 Å². The van der Waals surface area contributed by atoms with E-state index in [-0.39, 0.29) is 35.6 Å². The van der Waals surface area contributed by atoms with E-state index < -0.39 is 18.1 Å². The molecule has 1 aliphatic heterocycles. The number of nitrogens with zero attached hydrogens (tertiary/aromatic N) is 1. The fourth-order valence-electron chi connectivity index (χ4n) is 6.26. The number of ether oxygens (including phenoxy) is 2. The first-order chi connectivity index (χ1) is 15.5. The number of quaternary nitrogens is 1. The van der Waals surface area contributed by atoms with Crippen LogP contribution in [0.2, 0.25) is 0 Å². The van der Waals surface area contributed by atoms with Crippen molar-refractivity contribution in [3.63, 3.8) is 0 Å². The van der Waals surface area contributed by atoms with E-state index in [1.165, 1.54) is 0 Å². The van der Waals surface area contributed by atoms with E-state index in [2.05, 4.69) is 26.1 Å². The van der Waals surface area contributed by atoms with Crippen molar-refractivity contribution in [3.05, 3.63) is 35.9 Å². The summed E-state index contributed by atoms with van der Waals surface area (Å²) in [5.41, 5.74) is 0.586. The number of carbonyl (C=O) groups is 2. The molecular formula is C26H40BrNO5.